The monoisotopic (exact) mass is 369 g/mol. The molecule has 0 spiro atoms. The standard InChI is InChI=1S/C19H23N5O3/c20-18(26)15-5-2-7-24(12-15)8-6-22-19(27)14-4-1-3-13(9-14)16-10-21-11-17(25)23-16/h1,3-4,9-11,15H,2,5-8,12H2,(H2,20,26)(H,22,27)(H,23,25). The molecule has 1 saturated heterocycles. The van der Waals surface area contributed by atoms with Crippen LogP contribution in [0.3, 0.4) is 0 Å². The quantitative estimate of drug-likeness (QED) is 0.679. The third-order valence-electron chi connectivity index (χ3n) is 4.71. The summed E-state index contributed by atoms with van der Waals surface area (Å²) < 4.78 is 0. The number of rotatable bonds is 6. The van der Waals surface area contributed by atoms with Crippen molar-refractivity contribution >= 4 is 11.8 Å². The largest absolute Gasteiger partial charge is 0.369 e. The minimum absolute atomic E-state index is 0.104. The van der Waals surface area contributed by atoms with Crippen LogP contribution in [0, 0.1) is 5.92 Å². The van der Waals surface area contributed by atoms with Gasteiger partial charge in [0.2, 0.25) is 5.91 Å². The Labute approximate surface area is 156 Å². The fourth-order valence-corrected chi connectivity index (χ4v) is 3.27. The Balaban J connectivity index is 1.56. The van der Waals surface area contributed by atoms with Crippen molar-refractivity contribution in [2.45, 2.75) is 12.8 Å². The number of nitrogens with zero attached hydrogens (tertiary/aromatic N) is 2. The van der Waals surface area contributed by atoms with Crippen LogP contribution in [0.25, 0.3) is 11.3 Å². The zero-order chi connectivity index (χ0) is 19.2. The van der Waals surface area contributed by atoms with E-state index in [1.54, 1.807) is 30.5 Å². The highest BCUT2D eigenvalue weighted by molar-refractivity contribution is 5.95. The van der Waals surface area contributed by atoms with E-state index in [-0.39, 0.29) is 23.3 Å². The van der Waals surface area contributed by atoms with Gasteiger partial charge in [0.15, 0.2) is 0 Å². The first-order valence-corrected chi connectivity index (χ1v) is 8.97. The average molecular weight is 369 g/mol. The van der Waals surface area contributed by atoms with Gasteiger partial charge in [-0.1, -0.05) is 12.1 Å². The molecule has 1 aromatic heterocycles. The summed E-state index contributed by atoms with van der Waals surface area (Å²) >= 11 is 0. The Morgan fingerprint density at radius 1 is 1.33 bits per heavy atom. The Morgan fingerprint density at radius 3 is 2.96 bits per heavy atom. The number of hydrogen-bond donors (Lipinski definition) is 3. The highest BCUT2D eigenvalue weighted by Crippen LogP contribution is 2.17. The lowest BCUT2D eigenvalue weighted by Gasteiger charge is -2.31. The van der Waals surface area contributed by atoms with E-state index in [0.717, 1.165) is 19.4 Å². The molecule has 8 nitrogen and oxygen atoms in total. The minimum atomic E-state index is -0.293. The topological polar surface area (TPSA) is 121 Å². The van der Waals surface area contributed by atoms with Crippen molar-refractivity contribution in [1.82, 2.24) is 20.2 Å². The van der Waals surface area contributed by atoms with Gasteiger partial charge in [0.25, 0.3) is 11.5 Å². The van der Waals surface area contributed by atoms with Crippen molar-refractivity contribution in [3.8, 4) is 11.3 Å². The first-order chi connectivity index (χ1) is 13.0. The molecule has 1 unspecified atom stereocenters. The Kier molecular flexibility index (Phi) is 5.97. The highest BCUT2D eigenvalue weighted by atomic mass is 16.2. The van der Waals surface area contributed by atoms with Gasteiger partial charge >= 0.3 is 0 Å². The first kappa shape index (κ1) is 18.8. The summed E-state index contributed by atoms with van der Waals surface area (Å²) in [5.41, 5.74) is 6.88. The molecule has 1 fully saturated rings. The van der Waals surface area contributed by atoms with Gasteiger partial charge in [-0.05, 0) is 31.5 Å². The number of benzene rings is 1. The number of aromatic amines is 1. The third-order valence-corrected chi connectivity index (χ3v) is 4.71. The van der Waals surface area contributed by atoms with E-state index < -0.39 is 0 Å². The van der Waals surface area contributed by atoms with E-state index >= 15 is 0 Å². The molecule has 0 bridgehead atoms. The third kappa shape index (κ3) is 5.01. The summed E-state index contributed by atoms with van der Waals surface area (Å²) in [7, 11) is 0. The minimum Gasteiger partial charge on any atom is -0.369 e. The van der Waals surface area contributed by atoms with Gasteiger partial charge in [-0.15, -0.1) is 0 Å². The molecule has 8 heteroatoms. The predicted molar refractivity (Wildman–Crippen MR) is 101 cm³/mol. The normalized spacial score (nSPS) is 17.4. The fraction of sp³-hybridized carbons (Fsp3) is 0.368. The molecule has 3 rings (SSSR count). The number of primary amides is 1. The molecule has 0 aliphatic carbocycles. The van der Waals surface area contributed by atoms with Gasteiger partial charge in [-0.2, -0.15) is 0 Å². The molecule has 27 heavy (non-hydrogen) atoms. The summed E-state index contributed by atoms with van der Waals surface area (Å²) in [5, 5.41) is 2.90. The molecule has 0 radical (unpaired) electrons. The number of carbonyl (C=O) groups excluding carboxylic acids is 2. The SMILES string of the molecule is NC(=O)C1CCCN(CCNC(=O)c2cccc(-c3cncc(=O)[nH]3)c2)C1. The number of carbonyl (C=O) groups is 2. The number of nitrogens with two attached hydrogens (primary N) is 1. The van der Waals surface area contributed by atoms with E-state index in [4.69, 9.17) is 5.73 Å². The second kappa shape index (κ2) is 8.59. The summed E-state index contributed by atoms with van der Waals surface area (Å²) in [6, 6.07) is 7.00. The Hall–Kier alpha value is -3.00. The van der Waals surface area contributed by atoms with E-state index in [1.807, 2.05) is 0 Å². The van der Waals surface area contributed by atoms with Crippen LogP contribution in [0.5, 0.6) is 0 Å². The van der Waals surface area contributed by atoms with Crippen molar-refractivity contribution in [3.63, 3.8) is 0 Å². The maximum Gasteiger partial charge on any atom is 0.266 e. The number of H-pyrrole nitrogens is 1. The summed E-state index contributed by atoms with van der Waals surface area (Å²) in [5.74, 6) is -0.548. The average Bonchev–Trinajstić information content (AvgIpc) is 2.68. The Bertz CT molecular complexity index is 879. The molecule has 0 saturated carbocycles. The zero-order valence-electron chi connectivity index (χ0n) is 15.0. The van der Waals surface area contributed by atoms with E-state index in [1.165, 1.54) is 6.20 Å². The van der Waals surface area contributed by atoms with Gasteiger partial charge in [-0.25, -0.2) is 0 Å². The van der Waals surface area contributed by atoms with Crippen LogP contribution in [0.4, 0.5) is 0 Å². The number of hydrogen-bond acceptors (Lipinski definition) is 5. The fourth-order valence-electron chi connectivity index (χ4n) is 3.27. The van der Waals surface area contributed by atoms with Gasteiger partial charge in [0.1, 0.15) is 0 Å². The number of amides is 2. The summed E-state index contributed by atoms with van der Waals surface area (Å²) in [4.78, 5) is 43.9. The lowest BCUT2D eigenvalue weighted by atomic mass is 9.97. The molecule has 1 aromatic carbocycles. The number of likely N-dealkylation sites (tertiary alicyclic amines) is 1. The smallest absolute Gasteiger partial charge is 0.266 e. The maximum absolute atomic E-state index is 12.4. The Morgan fingerprint density at radius 2 is 2.19 bits per heavy atom. The molecule has 1 aliphatic heterocycles. The van der Waals surface area contributed by atoms with Crippen LogP contribution >= 0.6 is 0 Å². The van der Waals surface area contributed by atoms with Crippen molar-refractivity contribution in [1.29, 1.82) is 0 Å². The lowest BCUT2D eigenvalue weighted by Crippen LogP contribution is -2.44. The molecule has 2 amide bonds. The van der Waals surface area contributed by atoms with Gasteiger partial charge in [-0.3, -0.25) is 19.4 Å². The highest BCUT2D eigenvalue weighted by Gasteiger charge is 2.23. The summed E-state index contributed by atoms with van der Waals surface area (Å²) in [6.45, 7) is 2.71. The van der Waals surface area contributed by atoms with Crippen LogP contribution in [-0.4, -0.2) is 52.9 Å². The molecular formula is C19H23N5O3. The molecule has 4 N–H and O–H groups in total. The van der Waals surface area contributed by atoms with Gasteiger partial charge in [0, 0.05) is 30.8 Å². The zero-order valence-corrected chi connectivity index (χ0v) is 15.0. The molecule has 2 aromatic rings. The van der Waals surface area contributed by atoms with Crippen LogP contribution < -0.4 is 16.6 Å². The molecule has 142 valence electrons. The van der Waals surface area contributed by atoms with Crippen LogP contribution in [-0.2, 0) is 4.79 Å². The van der Waals surface area contributed by atoms with Gasteiger partial charge < -0.3 is 20.9 Å². The van der Waals surface area contributed by atoms with Crippen molar-refractivity contribution in [3.05, 3.63) is 52.6 Å². The number of piperidine rings is 1. The number of aromatic nitrogens is 2. The molecule has 1 atom stereocenters. The summed E-state index contributed by atoms with van der Waals surface area (Å²) in [6.07, 6.45) is 4.52. The van der Waals surface area contributed by atoms with Crippen LogP contribution in [0.15, 0.2) is 41.5 Å². The van der Waals surface area contributed by atoms with Crippen LogP contribution in [0.2, 0.25) is 0 Å². The lowest BCUT2D eigenvalue weighted by molar-refractivity contribution is -0.123. The van der Waals surface area contributed by atoms with Gasteiger partial charge in [0.05, 0.1) is 24.0 Å². The molecule has 2 heterocycles. The predicted octanol–water partition coefficient (Wildman–Crippen LogP) is 0.364. The van der Waals surface area contributed by atoms with Crippen molar-refractivity contribution < 1.29 is 9.59 Å². The molecule has 1 aliphatic rings. The van der Waals surface area contributed by atoms with Crippen LogP contribution in [0.1, 0.15) is 23.2 Å². The van der Waals surface area contributed by atoms with E-state index in [9.17, 15) is 14.4 Å². The van der Waals surface area contributed by atoms with E-state index in [0.29, 0.717) is 36.5 Å². The van der Waals surface area contributed by atoms with Crippen molar-refractivity contribution in [2.24, 2.45) is 11.7 Å². The van der Waals surface area contributed by atoms with E-state index in [2.05, 4.69) is 20.2 Å². The number of nitrogens with one attached hydrogen (secondary N) is 2. The molecular weight excluding hydrogens is 346 g/mol. The second-order valence-corrected chi connectivity index (χ2v) is 6.69. The second-order valence-electron chi connectivity index (χ2n) is 6.69. The maximum atomic E-state index is 12.4. The van der Waals surface area contributed by atoms with Crippen molar-refractivity contribution in [2.75, 3.05) is 26.2 Å². The first-order valence-electron chi connectivity index (χ1n) is 8.97.